The summed E-state index contributed by atoms with van der Waals surface area (Å²) in [5.74, 6) is -0.657. The van der Waals surface area contributed by atoms with Crippen molar-refractivity contribution in [2.45, 2.75) is 39.3 Å². The van der Waals surface area contributed by atoms with Crippen LogP contribution < -0.4 is 10.6 Å². The molecule has 2 amide bonds. The van der Waals surface area contributed by atoms with Crippen LogP contribution in [0.4, 0.5) is 5.69 Å². The highest BCUT2D eigenvalue weighted by Crippen LogP contribution is 2.32. The van der Waals surface area contributed by atoms with Crippen LogP contribution in [0.25, 0.3) is 0 Å². The van der Waals surface area contributed by atoms with Crippen LogP contribution in [0.2, 0.25) is 0 Å². The molecule has 1 unspecified atom stereocenters. The molecule has 2 aromatic rings. The molecule has 1 aliphatic rings. The lowest BCUT2D eigenvalue weighted by Gasteiger charge is -2.25. The smallest absolute Gasteiger partial charge is 0.228 e. The van der Waals surface area contributed by atoms with Gasteiger partial charge in [0.1, 0.15) is 0 Å². The molecule has 0 fully saturated rings. The summed E-state index contributed by atoms with van der Waals surface area (Å²) in [6.07, 6.45) is 0.184. The quantitative estimate of drug-likeness (QED) is 0.792. The molecule has 1 heterocycles. The molecule has 0 bridgehead atoms. The van der Waals surface area contributed by atoms with E-state index in [1.165, 1.54) is 5.56 Å². The van der Waals surface area contributed by atoms with Crippen molar-refractivity contribution in [2.75, 3.05) is 18.4 Å². The maximum absolute atomic E-state index is 12.8. The number of nitrogens with zero attached hydrogens (tertiary/aromatic N) is 1. The second-order valence-corrected chi connectivity index (χ2v) is 6.84. The summed E-state index contributed by atoms with van der Waals surface area (Å²) in [4.78, 5) is 27.1. The number of hydrogen-bond acceptors (Lipinski definition) is 3. The van der Waals surface area contributed by atoms with Gasteiger partial charge < -0.3 is 10.6 Å². The predicted octanol–water partition coefficient (Wildman–Crippen LogP) is 3.27. The largest absolute Gasteiger partial charge is 0.351 e. The average molecular weight is 365 g/mol. The first-order valence-corrected chi connectivity index (χ1v) is 9.58. The van der Waals surface area contributed by atoms with E-state index in [4.69, 9.17) is 0 Å². The Bertz CT molecular complexity index is 815. The SMILES string of the molecule is CCN(CC)Cc1ccccc1CNC(=O)C1CC(=O)Nc2ccccc21. The highest BCUT2D eigenvalue weighted by Gasteiger charge is 2.30. The molecule has 0 saturated heterocycles. The molecule has 2 aromatic carbocycles. The Morgan fingerprint density at radius 1 is 1.07 bits per heavy atom. The second-order valence-electron chi connectivity index (χ2n) is 6.84. The molecule has 1 atom stereocenters. The third kappa shape index (κ3) is 4.55. The third-order valence-electron chi connectivity index (χ3n) is 5.18. The minimum Gasteiger partial charge on any atom is -0.351 e. The first-order chi connectivity index (χ1) is 13.1. The van der Waals surface area contributed by atoms with E-state index in [0.29, 0.717) is 6.54 Å². The minimum atomic E-state index is -0.440. The van der Waals surface area contributed by atoms with Crippen molar-refractivity contribution in [3.05, 3.63) is 65.2 Å². The predicted molar refractivity (Wildman–Crippen MR) is 107 cm³/mol. The molecule has 0 spiro atoms. The summed E-state index contributed by atoms with van der Waals surface area (Å²) >= 11 is 0. The number of rotatable bonds is 7. The Balaban J connectivity index is 1.71. The van der Waals surface area contributed by atoms with E-state index in [9.17, 15) is 9.59 Å². The monoisotopic (exact) mass is 365 g/mol. The zero-order valence-electron chi connectivity index (χ0n) is 16.0. The Morgan fingerprint density at radius 3 is 2.48 bits per heavy atom. The second kappa shape index (κ2) is 8.82. The van der Waals surface area contributed by atoms with Crippen molar-refractivity contribution in [1.29, 1.82) is 0 Å². The van der Waals surface area contributed by atoms with Crippen LogP contribution >= 0.6 is 0 Å². The Labute approximate surface area is 160 Å². The van der Waals surface area contributed by atoms with E-state index in [-0.39, 0.29) is 18.2 Å². The van der Waals surface area contributed by atoms with Crippen LogP contribution in [0, 0.1) is 0 Å². The van der Waals surface area contributed by atoms with Gasteiger partial charge >= 0.3 is 0 Å². The summed E-state index contributed by atoms with van der Waals surface area (Å²) in [5.41, 5.74) is 3.96. The minimum absolute atomic E-state index is 0.102. The molecule has 0 aromatic heterocycles. The number of anilines is 1. The molecule has 1 aliphatic heterocycles. The van der Waals surface area contributed by atoms with Gasteiger partial charge in [0.05, 0.1) is 5.92 Å². The first-order valence-electron chi connectivity index (χ1n) is 9.58. The maximum Gasteiger partial charge on any atom is 0.228 e. The van der Waals surface area contributed by atoms with Gasteiger partial charge in [0.15, 0.2) is 0 Å². The highest BCUT2D eigenvalue weighted by molar-refractivity contribution is 6.01. The number of amides is 2. The van der Waals surface area contributed by atoms with Crippen molar-refractivity contribution in [2.24, 2.45) is 0 Å². The Morgan fingerprint density at radius 2 is 1.74 bits per heavy atom. The molecule has 5 heteroatoms. The van der Waals surface area contributed by atoms with Gasteiger partial charge in [-0.3, -0.25) is 14.5 Å². The van der Waals surface area contributed by atoms with Gasteiger partial charge in [0.25, 0.3) is 0 Å². The van der Waals surface area contributed by atoms with Gasteiger partial charge in [0, 0.05) is 25.2 Å². The van der Waals surface area contributed by atoms with Crippen LogP contribution in [0.15, 0.2) is 48.5 Å². The van der Waals surface area contributed by atoms with Crippen LogP contribution in [-0.4, -0.2) is 29.8 Å². The van der Waals surface area contributed by atoms with Gasteiger partial charge in [-0.15, -0.1) is 0 Å². The average Bonchev–Trinajstić information content (AvgIpc) is 2.70. The van der Waals surface area contributed by atoms with Crippen molar-refractivity contribution >= 4 is 17.5 Å². The lowest BCUT2D eigenvalue weighted by molar-refractivity contribution is -0.126. The number of carbonyl (C=O) groups excluding carboxylic acids is 2. The molecule has 2 N–H and O–H groups in total. The van der Waals surface area contributed by atoms with E-state index >= 15 is 0 Å². The summed E-state index contributed by atoms with van der Waals surface area (Å²) in [5, 5.41) is 5.88. The lowest BCUT2D eigenvalue weighted by Crippen LogP contribution is -2.35. The van der Waals surface area contributed by atoms with E-state index in [1.807, 2.05) is 36.4 Å². The fourth-order valence-corrected chi connectivity index (χ4v) is 3.52. The summed E-state index contributed by atoms with van der Waals surface area (Å²) in [7, 11) is 0. The molecule has 5 nitrogen and oxygen atoms in total. The number of benzene rings is 2. The molecule has 0 saturated carbocycles. The van der Waals surface area contributed by atoms with Gasteiger partial charge in [0.2, 0.25) is 11.8 Å². The van der Waals surface area contributed by atoms with Gasteiger partial charge in [-0.1, -0.05) is 56.3 Å². The van der Waals surface area contributed by atoms with E-state index in [2.05, 4.69) is 41.5 Å². The molecule has 142 valence electrons. The van der Waals surface area contributed by atoms with E-state index in [1.54, 1.807) is 0 Å². The normalized spacial score (nSPS) is 16.0. The molecule has 3 rings (SSSR count). The molecular weight excluding hydrogens is 338 g/mol. The van der Waals surface area contributed by atoms with Crippen LogP contribution in [0.1, 0.15) is 42.9 Å². The maximum atomic E-state index is 12.8. The zero-order valence-corrected chi connectivity index (χ0v) is 16.0. The number of nitrogens with one attached hydrogen (secondary N) is 2. The fraction of sp³-hybridized carbons (Fsp3) is 0.364. The fourth-order valence-electron chi connectivity index (χ4n) is 3.52. The number of para-hydroxylation sites is 1. The summed E-state index contributed by atoms with van der Waals surface area (Å²) in [6.45, 7) is 7.62. The van der Waals surface area contributed by atoms with Crippen LogP contribution in [0.5, 0.6) is 0 Å². The summed E-state index contributed by atoms with van der Waals surface area (Å²) in [6, 6.07) is 15.7. The first kappa shape index (κ1) is 19.1. The summed E-state index contributed by atoms with van der Waals surface area (Å²) < 4.78 is 0. The van der Waals surface area contributed by atoms with Gasteiger partial charge in [-0.25, -0.2) is 0 Å². The molecule has 27 heavy (non-hydrogen) atoms. The molecule has 0 aliphatic carbocycles. The van der Waals surface area contributed by atoms with Gasteiger partial charge in [-0.2, -0.15) is 0 Å². The van der Waals surface area contributed by atoms with E-state index in [0.717, 1.165) is 36.4 Å². The third-order valence-corrected chi connectivity index (χ3v) is 5.18. The Hall–Kier alpha value is -2.66. The number of carbonyl (C=O) groups is 2. The van der Waals surface area contributed by atoms with Crippen molar-refractivity contribution < 1.29 is 9.59 Å². The van der Waals surface area contributed by atoms with Crippen molar-refractivity contribution in [3.63, 3.8) is 0 Å². The van der Waals surface area contributed by atoms with Crippen molar-refractivity contribution in [1.82, 2.24) is 10.2 Å². The van der Waals surface area contributed by atoms with Gasteiger partial charge in [-0.05, 0) is 35.8 Å². The van der Waals surface area contributed by atoms with Crippen LogP contribution in [0.3, 0.4) is 0 Å². The van der Waals surface area contributed by atoms with Crippen molar-refractivity contribution in [3.8, 4) is 0 Å². The highest BCUT2D eigenvalue weighted by atomic mass is 16.2. The number of hydrogen-bond donors (Lipinski definition) is 2. The molecule has 0 radical (unpaired) electrons. The Kier molecular flexibility index (Phi) is 6.24. The topological polar surface area (TPSA) is 61.4 Å². The van der Waals surface area contributed by atoms with Crippen LogP contribution in [-0.2, 0) is 22.7 Å². The number of fused-ring (bicyclic) bond motifs is 1. The zero-order chi connectivity index (χ0) is 19.2. The van der Waals surface area contributed by atoms with E-state index < -0.39 is 5.92 Å². The lowest BCUT2D eigenvalue weighted by atomic mass is 9.89. The molecular formula is C22H27N3O2. The standard InChI is InChI=1S/C22H27N3O2/c1-3-25(4-2)15-17-10-6-5-9-16(17)14-23-22(27)19-13-21(26)24-20-12-8-7-11-18(19)20/h5-12,19H,3-4,13-15H2,1-2H3,(H,23,27)(H,24,26).